The molecule has 2 aromatic carbocycles. The van der Waals surface area contributed by atoms with Crippen molar-refractivity contribution in [1.82, 2.24) is 0 Å². The predicted octanol–water partition coefficient (Wildman–Crippen LogP) is 4.54. The van der Waals surface area contributed by atoms with Gasteiger partial charge in [0, 0.05) is 12.1 Å². The van der Waals surface area contributed by atoms with Crippen LogP contribution < -0.4 is 0 Å². The molecular weight excluding hydrogens is 356 g/mol. The van der Waals surface area contributed by atoms with E-state index < -0.39 is 10.9 Å². The molecule has 0 radical (unpaired) electrons. The third kappa shape index (κ3) is 3.87. The highest BCUT2D eigenvalue weighted by molar-refractivity contribution is 6.34. The van der Waals surface area contributed by atoms with E-state index >= 15 is 0 Å². The fraction of sp³-hybridized carbons (Fsp3) is 0.0526. The highest BCUT2D eigenvalue weighted by Gasteiger charge is 2.26. The van der Waals surface area contributed by atoms with Gasteiger partial charge < -0.3 is 4.74 Å². The molecule has 0 bridgehead atoms. The molecule has 2 aromatic rings. The van der Waals surface area contributed by atoms with Gasteiger partial charge in [0.15, 0.2) is 5.70 Å². The number of carbonyl (C=O) groups excluding carboxylic acids is 1. The van der Waals surface area contributed by atoms with Crippen molar-refractivity contribution < 1.29 is 14.5 Å². The molecule has 6 nitrogen and oxygen atoms in total. The average Bonchev–Trinajstić information content (AvgIpc) is 2.95. The van der Waals surface area contributed by atoms with E-state index in [0.29, 0.717) is 5.56 Å². The van der Waals surface area contributed by atoms with Crippen molar-refractivity contribution in [3.05, 3.63) is 92.1 Å². The Morgan fingerprint density at radius 1 is 1.23 bits per heavy atom. The molecule has 0 unspecified atom stereocenters. The van der Waals surface area contributed by atoms with Gasteiger partial charge in [-0.25, -0.2) is 9.79 Å². The Morgan fingerprint density at radius 3 is 2.62 bits per heavy atom. The lowest BCUT2D eigenvalue weighted by Gasteiger charge is -2.02. The molecule has 0 aliphatic carbocycles. The molecule has 0 saturated heterocycles. The second-order valence-electron chi connectivity index (χ2n) is 5.56. The highest BCUT2D eigenvalue weighted by Crippen LogP contribution is 2.27. The minimum atomic E-state index is -0.602. The molecule has 0 atom stereocenters. The number of ether oxygens (including phenoxy) is 1. The van der Waals surface area contributed by atoms with Crippen molar-refractivity contribution in [2.75, 3.05) is 0 Å². The lowest BCUT2D eigenvalue weighted by Crippen LogP contribution is -2.06. The molecule has 0 amide bonds. The molecule has 3 rings (SSSR count). The van der Waals surface area contributed by atoms with Gasteiger partial charge in [-0.1, -0.05) is 48.0 Å². The number of nitro benzene ring substituents is 1. The van der Waals surface area contributed by atoms with Gasteiger partial charge in [0.25, 0.3) is 5.69 Å². The summed E-state index contributed by atoms with van der Waals surface area (Å²) in [7, 11) is 0. The third-order valence-corrected chi connectivity index (χ3v) is 3.89. The summed E-state index contributed by atoms with van der Waals surface area (Å²) in [6, 6.07) is 13.5. The number of benzene rings is 2. The Hall–Kier alpha value is -3.25. The van der Waals surface area contributed by atoms with Crippen LogP contribution in [-0.4, -0.2) is 16.8 Å². The number of non-ortho nitro benzene ring substituents is 1. The molecular formula is C19H13ClN2O4. The van der Waals surface area contributed by atoms with Gasteiger partial charge in [0.05, 0.1) is 15.5 Å². The van der Waals surface area contributed by atoms with E-state index in [1.165, 1.54) is 18.2 Å². The number of nitro groups is 1. The number of allylic oxidation sites excluding steroid dienone is 2. The zero-order chi connectivity index (χ0) is 18.7. The average molecular weight is 369 g/mol. The normalized spacial score (nSPS) is 15.8. The fourth-order valence-electron chi connectivity index (χ4n) is 2.38. The van der Waals surface area contributed by atoms with Crippen LogP contribution in [0.4, 0.5) is 5.69 Å². The van der Waals surface area contributed by atoms with Crippen LogP contribution in [0, 0.1) is 10.1 Å². The monoisotopic (exact) mass is 368 g/mol. The third-order valence-electron chi connectivity index (χ3n) is 3.57. The molecule has 0 aromatic heterocycles. The number of nitrogens with zero attached hydrogens (tertiary/aromatic N) is 2. The number of hydrogen-bond donors (Lipinski definition) is 0. The summed E-state index contributed by atoms with van der Waals surface area (Å²) in [6.07, 6.45) is 3.52. The van der Waals surface area contributed by atoms with E-state index in [1.807, 2.05) is 43.3 Å². The van der Waals surface area contributed by atoms with Crippen molar-refractivity contribution >= 4 is 35.2 Å². The summed E-state index contributed by atoms with van der Waals surface area (Å²) in [5.41, 5.74) is 2.12. The molecule has 1 aliphatic rings. The Bertz CT molecular complexity index is 978. The number of cyclic esters (lactones) is 1. The SMILES string of the molecule is CC(=Cc1ccccc1)C=C1N=C(c2ccc([N+](=O)[O-])cc2Cl)OC1=O. The van der Waals surface area contributed by atoms with E-state index in [-0.39, 0.29) is 22.3 Å². The molecule has 0 N–H and O–H groups in total. The van der Waals surface area contributed by atoms with E-state index in [4.69, 9.17) is 16.3 Å². The zero-order valence-corrected chi connectivity index (χ0v) is 14.4. The quantitative estimate of drug-likeness (QED) is 0.343. The molecule has 7 heteroatoms. The van der Waals surface area contributed by atoms with E-state index in [1.54, 1.807) is 6.08 Å². The van der Waals surface area contributed by atoms with Gasteiger partial charge in [-0.2, -0.15) is 0 Å². The highest BCUT2D eigenvalue weighted by atomic mass is 35.5. The number of carbonyl (C=O) groups is 1. The first-order valence-corrected chi connectivity index (χ1v) is 8.02. The topological polar surface area (TPSA) is 81.8 Å². The van der Waals surface area contributed by atoms with Crippen molar-refractivity contribution in [3.8, 4) is 0 Å². The van der Waals surface area contributed by atoms with Crippen LogP contribution in [0.15, 0.2) is 70.9 Å². The first kappa shape index (κ1) is 17.6. The van der Waals surface area contributed by atoms with Crippen LogP contribution in [-0.2, 0) is 9.53 Å². The number of halogens is 1. The Morgan fingerprint density at radius 2 is 1.96 bits per heavy atom. The van der Waals surface area contributed by atoms with Crippen LogP contribution in [0.5, 0.6) is 0 Å². The van der Waals surface area contributed by atoms with Gasteiger partial charge >= 0.3 is 5.97 Å². The van der Waals surface area contributed by atoms with Crippen molar-refractivity contribution in [3.63, 3.8) is 0 Å². The van der Waals surface area contributed by atoms with Crippen molar-refractivity contribution in [2.45, 2.75) is 6.92 Å². The molecule has 0 spiro atoms. The van der Waals surface area contributed by atoms with Gasteiger partial charge in [0.1, 0.15) is 0 Å². The standard InChI is InChI=1S/C19H13ClN2O4/c1-12(9-13-5-3-2-4-6-13)10-17-19(23)26-18(21-17)15-8-7-14(22(24)25)11-16(15)20/h2-11H,1H3. The maximum absolute atomic E-state index is 12.0. The van der Waals surface area contributed by atoms with Gasteiger partial charge in [-0.3, -0.25) is 10.1 Å². The van der Waals surface area contributed by atoms with Gasteiger partial charge in [-0.15, -0.1) is 0 Å². The van der Waals surface area contributed by atoms with E-state index in [9.17, 15) is 14.9 Å². The van der Waals surface area contributed by atoms with E-state index in [0.717, 1.165) is 11.1 Å². The number of rotatable bonds is 4. The Balaban J connectivity index is 1.90. The lowest BCUT2D eigenvalue weighted by molar-refractivity contribution is -0.384. The van der Waals surface area contributed by atoms with Crippen LogP contribution in [0.25, 0.3) is 6.08 Å². The summed E-state index contributed by atoms with van der Waals surface area (Å²) in [5.74, 6) is -0.580. The summed E-state index contributed by atoms with van der Waals surface area (Å²) in [6.45, 7) is 1.85. The molecule has 0 saturated carbocycles. The van der Waals surface area contributed by atoms with Crippen LogP contribution >= 0.6 is 11.6 Å². The largest absolute Gasteiger partial charge is 0.402 e. The predicted molar refractivity (Wildman–Crippen MR) is 98.9 cm³/mol. The second kappa shape index (κ2) is 7.33. The van der Waals surface area contributed by atoms with E-state index in [2.05, 4.69) is 4.99 Å². The maximum atomic E-state index is 12.0. The Labute approximate surface area is 154 Å². The van der Waals surface area contributed by atoms with Gasteiger partial charge in [0.2, 0.25) is 5.90 Å². The number of esters is 1. The molecule has 1 heterocycles. The number of aliphatic imine (C=N–C) groups is 1. The second-order valence-corrected chi connectivity index (χ2v) is 5.96. The summed E-state index contributed by atoms with van der Waals surface area (Å²) >= 11 is 6.05. The molecule has 130 valence electrons. The fourth-order valence-corrected chi connectivity index (χ4v) is 2.64. The van der Waals surface area contributed by atoms with Crippen molar-refractivity contribution in [1.29, 1.82) is 0 Å². The van der Waals surface area contributed by atoms with Crippen LogP contribution in [0.1, 0.15) is 18.1 Å². The number of hydrogen-bond acceptors (Lipinski definition) is 5. The zero-order valence-electron chi connectivity index (χ0n) is 13.7. The first-order valence-electron chi connectivity index (χ1n) is 7.64. The minimum Gasteiger partial charge on any atom is -0.402 e. The molecule has 26 heavy (non-hydrogen) atoms. The molecule has 0 fully saturated rings. The van der Waals surface area contributed by atoms with Crippen LogP contribution in [0.2, 0.25) is 5.02 Å². The summed E-state index contributed by atoms with van der Waals surface area (Å²) < 4.78 is 5.15. The Kier molecular flexibility index (Phi) is 4.95. The summed E-state index contributed by atoms with van der Waals surface area (Å²) in [4.78, 5) is 26.4. The maximum Gasteiger partial charge on any atom is 0.363 e. The van der Waals surface area contributed by atoms with Gasteiger partial charge in [-0.05, 0) is 30.2 Å². The first-order chi connectivity index (χ1) is 12.4. The minimum absolute atomic E-state index is 0.0219. The van der Waals surface area contributed by atoms with Crippen LogP contribution in [0.3, 0.4) is 0 Å². The smallest absolute Gasteiger partial charge is 0.363 e. The lowest BCUT2D eigenvalue weighted by atomic mass is 10.1. The van der Waals surface area contributed by atoms with Crippen molar-refractivity contribution in [2.24, 2.45) is 4.99 Å². The molecule has 1 aliphatic heterocycles. The summed E-state index contributed by atoms with van der Waals surface area (Å²) in [5, 5.41) is 10.9.